The van der Waals surface area contributed by atoms with E-state index in [1.807, 2.05) is 43.6 Å². The second kappa shape index (κ2) is 9.29. The highest BCUT2D eigenvalue weighted by Crippen LogP contribution is 2.29. The van der Waals surface area contributed by atoms with Gasteiger partial charge < -0.3 is 14.8 Å². The minimum Gasteiger partial charge on any atom is -0.493 e. The summed E-state index contributed by atoms with van der Waals surface area (Å²) in [7, 11) is 3.40. The topological polar surface area (TPSA) is 65.4 Å². The Morgan fingerprint density at radius 2 is 2.10 bits per heavy atom. The summed E-state index contributed by atoms with van der Waals surface area (Å²) < 4.78 is 12.5. The van der Waals surface area contributed by atoms with Crippen molar-refractivity contribution in [3.8, 4) is 35.0 Å². The number of benzene rings is 2. The van der Waals surface area contributed by atoms with Crippen molar-refractivity contribution < 1.29 is 14.3 Å². The van der Waals surface area contributed by atoms with Gasteiger partial charge in [0.2, 0.25) is 5.91 Å². The van der Waals surface area contributed by atoms with Gasteiger partial charge in [-0.1, -0.05) is 30.2 Å². The lowest BCUT2D eigenvalue weighted by Crippen LogP contribution is -2.08. The van der Waals surface area contributed by atoms with Crippen LogP contribution in [0.4, 0.5) is 5.69 Å². The molecule has 0 aliphatic carbocycles. The number of rotatable bonds is 7. The Balaban J connectivity index is 1.73. The number of aromatic nitrogens is 2. The van der Waals surface area contributed by atoms with E-state index in [2.05, 4.69) is 16.3 Å². The van der Waals surface area contributed by atoms with Crippen molar-refractivity contribution in [1.29, 1.82) is 0 Å². The number of amides is 1. The summed E-state index contributed by atoms with van der Waals surface area (Å²) in [4.78, 5) is 12.4. The van der Waals surface area contributed by atoms with Gasteiger partial charge in [-0.05, 0) is 29.8 Å². The Labute approximate surface area is 169 Å². The Morgan fingerprint density at radius 3 is 2.83 bits per heavy atom. The molecule has 29 heavy (non-hydrogen) atoms. The molecule has 146 valence electrons. The van der Waals surface area contributed by atoms with E-state index in [1.54, 1.807) is 36.2 Å². The summed E-state index contributed by atoms with van der Waals surface area (Å²) in [5, 5.41) is 7.10. The van der Waals surface area contributed by atoms with Gasteiger partial charge >= 0.3 is 0 Å². The molecule has 3 rings (SSSR count). The van der Waals surface area contributed by atoms with Gasteiger partial charge in [0.1, 0.15) is 6.61 Å². The van der Waals surface area contributed by atoms with E-state index < -0.39 is 0 Å². The van der Waals surface area contributed by atoms with Gasteiger partial charge in [0.15, 0.2) is 11.5 Å². The normalized spacial score (nSPS) is 10.5. The number of hydrogen-bond donors (Lipinski definition) is 1. The number of nitrogens with zero attached hydrogens (tertiary/aromatic N) is 2. The lowest BCUT2D eigenvalue weighted by Gasteiger charge is -2.09. The van der Waals surface area contributed by atoms with Crippen molar-refractivity contribution in [2.24, 2.45) is 7.05 Å². The first kappa shape index (κ1) is 19.8. The zero-order valence-corrected chi connectivity index (χ0v) is 16.3. The van der Waals surface area contributed by atoms with E-state index in [-0.39, 0.29) is 12.5 Å². The molecule has 1 aromatic heterocycles. The van der Waals surface area contributed by atoms with Crippen LogP contribution in [0.25, 0.3) is 17.2 Å². The maximum atomic E-state index is 12.4. The second-order valence-corrected chi connectivity index (χ2v) is 6.17. The van der Waals surface area contributed by atoms with E-state index in [0.717, 1.165) is 16.7 Å². The number of carbonyl (C=O) groups excluding carboxylic acids is 1. The summed E-state index contributed by atoms with van der Waals surface area (Å²) >= 11 is 0. The highest BCUT2D eigenvalue weighted by atomic mass is 16.5. The Hall–Kier alpha value is -3.98. The third kappa shape index (κ3) is 5.05. The fourth-order valence-electron chi connectivity index (χ4n) is 2.78. The molecular weight excluding hydrogens is 366 g/mol. The van der Waals surface area contributed by atoms with Crippen LogP contribution < -0.4 is 14.8 Å². The molecule has 0 aliphatic rings. The first-order valence-corrected chi connectivity index (χ1v) is 8.92. The summed E-state index contributed by atoms with van der Waals surface area (Å²) in [6, 6.07) is 12.9. The molecule has 3 aromatic rings. The Morgan fingerprint density at radius 1 is 1.28 bits per heavy atom. The minimum absolute atomic E-state index is 0.157. The molecule has 6 heteroatoms. The third-order valence-electron chi connectivity index (χ3n) is 4.13. The SMILES string of the molecule is C#CCOc1ccc(/C=C/C(=O)Nc2ccccc2-c2cnn(C)c2)cc1OC. The largest absolute Gasteiger partial charge is 0.493 e. The third-order valence-corrected chi connectivity index (χ3v) is 4.13. The first-order valence-electron chi connectivity index (χ1n) is 8.92. The van der Waals surface area contributed by atoms with Crippen molar-refractivity contribution in [3.63, 3.8) is 0 Å². The molecule has 0 saturated carbocycles. The van der Waals surface area contributed by atoms with E-state index in [9.17, 15) is 4.79 Å². The van der Waals surface area contributed by atoms with Gasteiger partial charge in [0, 0.05) is 36.1 Å². The van der Waals surface area contributed by atoms with Crippen LogP contribution in [0.5, 0.6) is 11.5 Å². The number of hydrogen-bond acceptors (Lipinski definition) is 4. The van der Waals surface area contributed by atoms with Gasteiger partial charge in [0.05, 0.1) is 13.3 Å². The maximum Gasteiger partial charge on any atom is 0.248 e. The summed E-state index contributed by atoms with van der Waals surface area (Å²) in [5.41, 5.74) is 3.34. The molecular formula is C23H21N3O3. The highest BCUT2D eigenvalue weighted by molar-refractivity contribution is 6.04. The minimum atomic E-state index is -0.243. The van der Waals surface area contributed by atoms with Crippen molar-refractivity contribution in [2.75, 3.05) is 19.0 Å². The van der Waals surface area contributed by atoms with Crippen LogP contribution in [0, 0.1) is 12.3 Å². The van der Waals surface area contributed by atoms with Gasteiger partial charge in [-0.2, -0.15) is 5.10 Å². The molecule has 1 N–H and O–H groups in total. The van der Waals surface area contributed by atoms with Crippen LogP contribution in [0.1, 0.15) is 5.56 Å². The van der Waals surface area contributed by atoms with E-state index in [4.69, 9.17) is 15.9 Å². The molecule has 0 radical (unpaired) electrons. The van der Waals surface area contributed by atoms with Crippen LogP contribution in [0.3, 0.4) is 0 Å². The highest BCUT2D eigenvalue weighted by Gasteiger charge is 2.09. The van der Waals surface area contributed by atoms with Crippen LogP contribution in [-0.2, 0) is 11.8 Å². The van der Waals surface area contributed by atoms with Crippen molar-refractivity contribution in [2.45, 2.75) is 0 Å². The molecule has 0 aliphatic heterocycles. The van der Waals surface area contributed by atoms with Crippen molar-refractivity contribution in [3.05, 3.63) is 66.5 Å². The summed E-state index contributed by atoms with van der Waals surface area (Å²) in [5.74, 6) is 3.27. The smallest absolute Gasteiger partial charge is 0.248 e. The number of methoxy groups -OCH3 is 1. The second-order valence-electron chi connectivity index (χ2n) is 6.17. The number of ether oxygens (including phenoxy) is 2. The van der Waals surface area contributed by atoms with Gasteiger partial charge in [-0.3, -0.25) is 9.48 Å². The van der Waals surface area contributed by atoms with E-state index in [0.29, 0.717) is 17.2 Å². The number of aryl methyl sites for hydroxylation is 1. The van der Waals surface area contributed by atoms with Crippen molar-refractivity contribution in [1.82, 2.24) is 9.78 Å². The average Bonchev–Trinajstić information content (AvgIpc) is 3.17. The lowest BCUT2D eigenvalue weighted by atomic mass is 10.1. The average molecular weight is 387 g/mol. The molecule has 0 fully saturated rings. The fourth-order valence-corrected chi connectivity index (χ4v) is 2.78. The molecule has 0 bridgehead atoms. The zero-order valence-electron chi connectivity index (χ0n) is 16.3. The van der Waals surface area contributed by atoms with Crippen LogP contribution in [-0.4, -0.2) is 29.4 Å². The zero-order chi connectivity index (χ0) is 20.6. The van der Waals surface area contributed by atoms with Crippen LogP contribution in [0.15, 0.2) is 60.9 Å². The lowest BCUT2D eigenvalue weighted by molar-refractivity contribution is -0.111. The van der Waals surface area contributed by atoms with Gasteiger partial charge in [0.25, 0.3) is 0 Å². The Kier molecular flexibility index (Phi) is 6.33. The van der Waals surface area contributed by atoms with Crippen LogP contribution in [0.2, 0.25) is 0 Å². The summed E-state index contributed by atoms with van der Waals surface area (Å²) in [6.07, 6.45) is 12.0. The van der Waals surface area contributed by atoms with Gasteiger partial charge in [-0.25, -0.2) is 0 Å². The van der Waals surface area contributed by atoms with Gasteiger partial charge in [-0.15, -0.1) is 6.42 Å². The van der Waals surface area contributed by atoms with Crippen LogP contribution >= 0.6 is 0 Å². The maximum absolute atomic E-state index is 12.4. The fraction of sp³-hybridized carbons (Fsp3) is 0.130. The molecule has 2 aromatic carbocycles. The van der Waals surface area contributed by atoms with E-state index >= 15 is 0 Å². The number of anilines is 1. The number of terminal acetylenes is 1. The Bertz CT molecular complexity index is 1080. The summed E-state index contributed by atoms with van der Waals surface area (Å²) in [6.45, 7) is 0.157. The first-order chi connectivity index (χ1) is 14.1. The number of nitrogens with one attached hydrogen (secondary N) is 1. The standard InChI is InChI=1S/C23H21N3O3/c1-4-13-29-21-11-9-17(14-22(21)28-3)10-12-23(27)25-20-8-6-5-7-19(20)18-15-24-26(2)16-18/h1,5-12,14-16H,13H2,2-3H3,(H,25,27)/b12-10+. The molecule has 0 atom stereocenters. The predicted octanol–water partition coefficient (Wildman–Crippen LogP) is 3.76. The van der Waals surface area contributed by atoms with E-state index in [1.165, 1.54) is 6.08 Å². The number of carbonyl (C=O) groups is 1. The molecule has 0 unspecified atom stereocenters. The molecule has 1 amide bonds. The molecule has 0 spiro atoms. The monoisotopic (exact) mass is 387 g/mol. The van der Waals surface area contributed by atoms with Crippen molar-refractivity contribution >= 4 is 17.7 Å². The predicted molar refractivity (Wildman–Crippen MR) is 114 cm³/mol. The molecule has 0 saturated heterocycles. The molecule has 1 heterocycles. The number of para-hydroxylation sites is 1. The quantitative estimate of drug-likeness (QED) is 0.495. The molecule has 6 nitrogen and oxygen atoms in total.